The van der Waals surface area contributed by atoms with Crippen LogP contribution in [0.1, 0.15) is 4.88 Å². The Hall–Kier alpha value is -1.53. The third kappa shape index (κ3) is 4.80. The van der Waals surface area contributed by atoms with Crippen LogP contribution in [0.5, 0.6) is 0 Å². The van der Waals surface area contributed by atoms with Crippen molar-refractivity contribution in [3.63, 3.8) is 0 Å². The highest BCUT2D eigenvalue weighted by Crippen LogP contribution is 2.40. The predicted molar refractivity (Wildman–Crippen MR) is 112 cm³/mol. The molecule has 26 heavy (non-hydrogen) atoms. The van der Waals surface area contributed by atoms with Gasteiger partial charge >= 0.3 is 0 Å². The minimum Gasteiger partial charge on any atom is -0.304 e. The van der Waals surface area contributed by atoms with E-state index >= 15 is 0 Å². The van der Waals surface area contributed by atoms with Gasteiger partial charge in [0.05, 0.1) is 0 Å². The smallest absolute Gasteiger partial charge is 0.123 e. The molecule has 0 fully saturated rings. The Bertz CT molecular complexity index is 889. The second-order valence-electron chi connectivity index (χ2n) is 6.18. The third-order valence-corrected chi connectivity index (χ3v) is 5.96. The number of halogens is 2. The van der Waals surface area contributed by atoms with E-state index in [4.69, 9.17) is 0 Å². The van der Waals surface area contributed by atoms with E-state index in [2.05, 4.69) is 11.0 Å². The van der Waals surface area contributed by atoms with Crippen LogP contribution in [0.15, 0.2) is 59.5 Å². The van der Waals surface area contributed by atoms with E-state index in [9.17, 15) is 8.60 Å². The zero-order valence-electron chi connectivity index (χ0n) is 14.9. The lowest BCUT2D eigenvalue weighted by Crippen LogP contribution is -2.09. The van der Waals surface area contributed by atoms with Crippen molar-refractivity contribution in [2.24, 2.45) is 0 Å². The summed E-state index contributed by atoms with van der Waals surface area (Å²) in [4.78, 5) is 5.33. The van der Waals surface area contributed by atoms with Crippen LogP contribution in [0.25, 0.3) is 21.6 Å². The molecular formula is C20H21ClFNOS2. The molecule has 0 saturated heterocycles. The van der Waals surface area contributed by atoms with Gasteiger partial charge in [0.1, 0.15) is 5.82 Å². The first-order valence-corrected chi connectivity index (χ1v) is 10.3. The van der Waals surface area contributed by atoms with Crippen molar-refractivity contribution in [2.75, 3.05) is 20.4 Å². The molecule has 1 heterocycles. The van der Waals surface area contributed by atoms with Gasteiger partial charge in [-0.1, -0.05) is 24.3 Å². The zero-order valence-corrected chi connectivity index (χ0v) is 17.3. The number of hydrogen-bond donors (Lipinski definition) is 0. The summed E-state index contributed by atoms with van der Waals surface area (Å²) in [6.45, 7) is 0.857. The Kier molecular flexibility index (Phi) is 7.12. The molecule has 0 spiro atoms. The van der Waals surface area contributed by atoms with E-state index in [0.717, 1.165) is 33.0 Å². The molecular weight excluding hydrogens is 389 g/mol. The molecule has 2 nitrogen and oxygen atoms in total. The number of thiophene rings is 1. The average molecular weight is 410 g/mol. The van der Waals surface area contributed by atoms with Crippen LogP contribution in [0.2, 0.25) is 0 Å². The van der Waals surface area contributed by atoms with Crippen molar-refractivity contribution in [1.82, 2.24) is 4.90 Å². The topological polar surface area (TPSA) is 20.3 Å². The summed E-state index contributed by atoms with van der Waals surface area (Å²) in [6, 6.07) is 16.6. The molecule has 138 valence electrons. The highest BCUT2D eigenvalue weighted by atomic mass is 35.5. The summed E-state index contributed by atoms with van der Waals surface area (Å²) in [6.07, 6.45) is 1.68. The molecule has 0 saturated carbocycles. The fourth-order valence-electron chi connectivity index (χ4n) is 2.69. The molecule has 0 amide bonds. The molecule has 3 aromatic rings. The maximum absolute atomic E-state index is 13.3. The average Bonchev–Trinajstić information content (AvgIpc) is 2.98. The van der Waals surface area contributed by atoms with Crippen molar-refractivity contribution >= 4 is 34.5 Å². The first-order valence-electron chi connectivity index (χ1n) is 7.91. The predicted octanol–water partition coefficient (Wildman–Crippen LogP) is 5.44. The summed E-state index contributed by atoms with van der Waals surface area (Å²) >= 11 is 1.73. The lowest BCUT2D eigenvalue weighted by atomic mass is 10.0. The van der Waals surface area contributed by atoms with Gasteiger partial charge < -0.3 is 4.90 Å². The SMILES string of the molecule is CN(C)Cc1cc(-c2ccc(S(C)=O)cc2)c(-c2ccc(F)cc2)s1.Cl. The Morgan fingerprint density at radius 2 is 1.58 bits per heavy atom. The van der Waals surface area contributed by atoms with Crippen LogP contribution in [0, 0.1) is 5.82 Å². The molecule has 0 aliphatic carbocycles. The van der Waals surface area contributed by atoms with Crippen molar-refractivity contribution in [2.45, 2.75) is 11.4 Å². The molecule has 0 aliphatic heterocycles. The van der Waals surface area contributed by atoms with Gasteiger partial charge in [-0.25, -0.2) is 4.39 Å². The maximum atomic E-state index is 13.3. The van der Waals surface area contributed by atoms with Crippen LogP contribution in [0.4, 0.5) is 4.39 Å². The number of rotatable bonds is 5. The highest BCUT2D eigenvalue weighted by molar-refractivity contribution is 7.84. The van der Waals surface area contributed by atoms with Gasteiger partial charge in [0, 0.05) is 43.8 Å². The van der Waals surface area contributed by atoms with Crippen molar-refractivity contribution in [3.05, 3.63) is 65.3 Å². The first kappa shape index (κ1) is 20.8. The number of hydrogen-bond acceptors (Lipinski definition) is 3. The van der Waals surface area contributed by atoms with E-state index < -0.39 is 10.8 Å². The molecule has 6 heteroatoms. The Balaban J connectivity index is 0.00000243. The second kappa shape index (κ2) is 8.91. The fraction of sp³-hybridized carbons (Fsp3) is 0.200. The second-order valence-corrected chi connectivity index (χ2v) is 8.70. The number of benzene rings is 2. The molecule has 1 aromatic heterocycles. The Morgan fingerprint density at radius 1 is 1.00 bits per heavy atom. The normalized spacial score (nSPS) is 12.0. The molecule has 0 radical (unpaired) electrons. The summed E-state index contributed by atoms with van der Waals surface area (Å²) < 4.78 is 24.9. The molecule has 1 atom stereocenters. The fourth-order valence-corrected chi connectivity index (χ4v) is 4.51. The molecule has 2 aromatic carbocycles. The molecule has 0 N–H and O–H groups in total. The Labute approximate surface area is 166 Å². The quantitative estimate of drug-likeness (QED) is 0.559. The first-order chi connectivity index (χ1) is 11.9. The van der Waals surface area contributed by atoms with E-state index in [-0.39, 0.29) is 18.2 Å². The summed E-state index contributed by atoms with van der Waals surface area (Å²) in [7, 11) is 3.10. The van der Waals surface area contributed by atoms with Crippen LogP contribution in [-0.4, -0.2) is 29.5 Å². The van der Waals surface area contributed by atoms with Crippen molar-refractivity contribution in [3.8, 4) is 21.6 Å². The van der Waals surface area contributed by atoms with Gasteiger partial charge in [0.15, 0.2) is 0 Å². The lowest BCUT2D eigenvalue weighted by Gasteiger charge is -2.06. The van der Waals surface area contributed by atoms with Gasteiger partial charge in [0.2, 0.25) is 0 Å². The number of nitrogens with zero attached hydrogens (tertiary/aromatic N) is 1. The van der Waals surface area contributed by atoms with E-state index in [0.29, 0.717) is 0 Å². The summed E-state index contributed by atoms with van der Waals surface area (Å²) in [5.41, 5.74) is 3.21. The van der Waals surface area contributed by atoms with Gasteiger partial charge in [-0.05, 0) is 55.6 Å². The van der Waals surface area contributed by atoms with Crippen LogP contribution in [0.3, 0.4) is 0 Å². The summed E-state index contributed by atoms with van der Waals surface area (Å²) in [5.74, 6) is -0.231. The molecule has 1 unspecified atom stereocenters. The standard InChI is InChI=1S/C20H20FNOS2.ClH/c1-22(2)13-17-12-19(14-6-10-18(11-7-14)25(3)23)20(24-17)15-4-8-16(21)9-5-15;/h4-12H,13H2,1-3H3;1H. The van der Waals surface area contributed by atoms with Crippen molar-refractivity contribution in [1.29, 1.82) is 0 Å². The Morgan fingerprint density at radius 3 is 2.12 bits per heavy atom. The van der Waals surface area contributed by atoms with Gasteiger partial charge in [-0.15, -0.1) is 23.7 Å². The largest absolute Gasteiger partial charge is 0.304 e. The van der Waals surface area contributed by atoms with Crippen LogP contribution in [-0.2, 0) is 17.3 Å². The van der Waals surface area contributed by atoms with Gasteiger partial charge in [-0.2, -0.15) is 0 Å². The molecule has 0 aliphatic rings. The minimum absolute atomic E-state index is 0. The zero-order chi connectivity index (χ0) is 18.0. The monoisotopic (exact) mass is 409 g/mol. The van der Waals surface area contributed by atoms with Gasteiger partial charge in [0.25, 0.3) is 0 Å². The van der Waals surface area contributed by atoms with Crippen molar-refractivity contribution < 1.29 is 8.60 Å². The van der Waals surface area contributed by atoms with E-state index in [1.807, 2.05) is 50.5 Å². The maximum Gasteiger partial charge on any atom is 0.123 e. The third-order valence-electron chi connectivity index (χ3n) is 3.86. The van der Waals surface area contributed by atoms with E-state index in [1.54, 1.807) is 17.6 Å². The molecule has 0 bridgehead atoms. The van der Waals surface area contributed by atoms with E-state index in [1.165, 1.54) is 17.0 Å². The van der Waals surface area contributed by atoms with Gasteiger partial charge in [-0.3, -0.25) is 4.21 Å². The summed E-state index contributed by atoms with van der Waals surface area (Å²) in [5, 5.41) is 0. The van der Waals surface area contributed by atoms with Crippen LogP contribution < -0.4 is 0 Å². The lowest BCUT2D eigenvalue weighted by molar-refractivity contribution is 0.406. The van der Waals surface area contributed by atoms with Crippen LogP contribution >= 0.6 is 23.7 Å². The minimum atomic E-state index is -0.986. The highest BCUT2D eigenvalue weighted by Gasteiger charge is 2.14. The molecule has 3 rings (SSSR count).